The molecular weight excluding hydrogens is 236 g/mol. The van der Waals surface area contributed by atoms with Gasteiger partial charge >= 0.3 is 0 Å². The van der Waals surface area contributed by atoms with E-state index in [9.17, 15) is 4.79 Å². The van der Waals surface area contributed by atoms with Crippen molar-refractivity contribution >= 4 is 11.6 Å². The van der Waals surface area contributed by atoms with Crippen molar-refractivity contribution in [1.82, 2.24) is 5.32 Å². The first-order chi connectivity index (χ1) is 9.27. The number of carbonyl (C=O) groups excluding carboxylic acids is 1. The fourth-order valence-electron chi connectivity index (χ4n) is 2.67. The Morgan fingerprint density at radius 1 is 1.26 bits per heavy atom. The van der Waals surface area contributed by atoms with Gasteiger partial charge in [0.25, 0.3) is 0 Å². The molecule has 1 aromatic carbocycles. The molecule has 1 aliphatic rings. The third kappa shape index (κ3) is 4.27. The topological polar surface area (TPSA) is 32.3 Å². The number of hydrogen-bond acceptors (Lipinski definition) is 2. The Labute approximate surface area is 116 Å². The van der Waals surface area contributed by atoms with Gasteiger partial charge in [-0.2, -0.15) is 0 Å². The average Bonchev–Trinajstić information content (AvgIpc) is 2.98. The SMILES string of the molecule is CN(CCCNC(=O)C1CCCC1)c1ccccc1. The van der Waals surface area contributed by atoms with E-state index in [1.54, 1.807) is 0 Å². The molecular formula is C16H24N2O. The third-order valence-corrected chi connectivity index (χ3v) is 3.89. The molecule has 1 saturated carbocycles. The van der Waals surface area contributed by atoms with Gasteiger partial charge in [0, 0.05) is 31.7 Å². The van der Waals surface area contributed by atoms with Gasteiger partial charge in [0.15, 0.2) is 0 Å². The van der Waals surface area contributed by atoms with E-state index in [4.69, 9.17) is 0 Å². The lowest BCUT2D eigenvalue weighted by molar-refractivity contribution is -0.124. The average molecular weight is 260 g/mol. The Morgan fingerprint density at radius 3 is 2.63 bits per heavy atom. The highest BCUT2D eigenvalue weighted by atomic mass is 16.1. The van der Waals surface area contributed by atoms with Crippen LogP contribution in [0.2, 0.25) is 0 Å². The van der Waals surface area contributed by atoms with Crippen molar-refractivity contribution < 1.29 is 4.79 Å². The Kier molecular flexibility index (Phi) is 5.25. The first-order valence-electron chi connectivity index (χ1n) is 7.31. The maximum Gasteiger partial charge on any atom is 0.223 e. The fraction of sp³-hybridized carbons (Fsp3) is 0.562. The van der Waals surface area contributed by atoms with Crippen molar-refractivity contribution in [3.63, 3.8) is 0 Å². The molecule has 1 aromatic rings. The van der Waals surface area contributed by atoms with Gasteiger partial charge in [-0.15, -0.1) is 0 Å². The third-order valence-electron chi connectivity index (χ3n) is 3.89. The molecule has 19 heavy (non-hydrogen) atoms. The molecule has 0 atom stereocenters. The fourth-order valence-corrected chi connectivity index (χ4v) is 2.67. The zero-order chi connectivity index (χ0) is 13.5. The number of nitrogens with zero attached hydrogens (tertiary/aromatic N) is 1. The van der Waals surface area contributed by atoms with Crippen LogP contribution in [0.25, 0.3) is 0 Å². The lowest BCUT2D eigenvalue weighted by Gasteiger charge is -2.19. The number of hydrogen-bond donors (Lipinski definition) is 1. The summed E-state index contributed by atoms with van der Waals surface area (Å²) in [4.78, 5) is 14.1. The number of benzene rings is 1. The standard InChI is InChI=1S/C16H24N2O/c1-18(15-10-3-2-4-11-15)13-7-12-17-16(19)14-8-5-6-9-14/h2-4,10-11,14H,5-9,12-13H2,1H3,(H,17,19). The van der Waals surface area contributed by atoms with Crippen molar-refractivity contribution in [1.29, 1.82) is 0 Å². The van der Waals surface area contributed by atoms with Crippen LogP contribution < -0.4 is 10.2 Å². The Hall–Kier alpha value is -1.51. The highest BCUT2D eigenvalue weighted by Gasteiger charge is 2.21. The number of nitrogens with one attached hydrogen (secondary N) is 1. The van der Waals surface area contributed by atoms with Crippen LogP contribution in [-0.2, 0) is 4.79 Å². The second-order valence-electron chi connectivity index (χ2n) is 5.38. The maximum atomic E-state index is 11.8. The highest BCUT2D eigenvalue weighted by molar-refractivity contribution is 5.78. The first kappa shape index (κ1) is 13.9. The van der Waals surface area contributed by atoms with E-state index in [0.29, 0.717) is 0 Å². The van der Waals surface area contributed by atoms with Gasteiger partial charge < -0.3 is 10.2 Å². The summed E-state index contributed by atoms with van der Waals surface area (Å²) in [6.45, 7) is 1.75. The molecule has 0 spiro atoms. The summed E-state index contributed by atoms with van der Waals surface area (Å²) in [5, 5.41) is 3.07. The zero-order valence-electron chi connectivity index (χ0n) is 11.8. The van der Waals surface area contributed by atoms with Gasteiger partial charge in [-0.3, -0.25) is 4.79 Å². The highest BCUT2D eigenvalue weighted by Crippen LogP contribution is 2.24. The zero-order valence-corrected chi connectivity index (χ0v) is 11.8. The second-order valence-corrected chi connectivity index (χ2v) is 5.38. The van der Waals surface area contributed by atoms with Crippen LogP contribution in [0, 0.1) is 5.92 Å². The van der Waals surface area contributed by atoms with E-state index >= 15 is 0 Å². The molecule has 0 aromatic heterocycles. The van der Waals surface area contributed by atoms with Crippen LogP contribution in [0.5, 0.6) is 0 Å². The van der Waals surface area contributed by atoms with Crippen LogP contribution in [-0.4, -0.2) is 26.0 Å². The number of anilines is 1. The minimum Gasteiger partial charge on any atom is -0.375 e. The summed E-state index contributed by atoms with van der Waals surface area (Å²) in [5.74, 6) is 0.548. The smallest absolute Gasteiger partial charge is 0.223 e. The van der Waals surface area contributed by atoms with Gasteiger partial charge in [0.05, 0.1) is 0 Å². The molecule has 0 unspecified atom stereocenters. The van der Waals surface area contributed by atoms with E-state index in [2.05, 4.69) is 29.4 Å². The normalized spacial score (nSPS) is 15.4. The molecule has 1 fully saturated rings. The molecule has 1 amide bonds. The Morgan fingerprint density at radius 2 is 1.95 bits per heavy atom. The summed E-state index contributed by atoms with van der Waals surface area (Å²) >= 11 is 0. The van der Waals surface area contributed by atoms with E-state index in [1.165, 1.54) is 18.5 Å². The first-order valence-corrected chi connectivity index (χ1v) is 7.31. The van der Waals surface area contributed by atoms with E-state index < -0.39 is 0 Å². The van der Waals surface area contributed by atoms with Crippen molar-refractivity contribution in [2.24, 2.45) is 5.92 Å². The lowest BCUT2D eigenvalue weighted by Crippen LogP contribution is -2.32. The number of para-hydroxylation sites is 1. The van der Waals surface area contributed by atoms with E-state index in [0.717, 1.165) is 32.4 Å². The molecule has 0 saturated heterocycles. The molecule has 1 N–H and O–H groups in total. The largest absolute Gasteiger partial charge is 0.375 e. The van der Waals surface area contributed by atoms with Crippen molar-refractivity contribution in [2.45, 2.75) is 32.1 Å². The predicted octanol–water partition coefficient (Wildman–Crippen LogP) is 2.82. The van der Waals surface area contributed by atoms with Crippen LogP contribution >= 0.6 is 0 Å². The Bertz CT molecular complexity index is 385. The summed E-state index contributed by atoms with van der Waals surface area (Å²) in [6.07, 6.45) is 5.58. The quantitative estimate of drug-likeness (QED) is 0.798. The van der Waals surface area contributed by atoms with E-state index in [-0.39, 0.29) is 11.8 Å². The van der Waals surface area contributed by atoms with Gasteiger partial charge in [-0.05, 0) is 31.4 Å². The molecule has 0 aliphatic heterocycles. The van der Waals surface area contributed by atoms with Gasteiger partial charge in [-0.25, -0.2) is 0 Å². The minimum absolute atomic E-state index is 0.264. The molecule has 0 radical (unpaired) electrons. The van der Waals surface area contributed by atoms with Crippen LogP contribution in [0.15, 0.2) is 30.3 Å². The number of amides is 1. The number of rotatable bonds is 6. The number of carbonyl (C=O) groups is 1. The van der Waals surface area contributed by atoms with Crippen LogP contribution in [0.3, 0.4) is 0 Å². The maximum absolute atomic E-state index is 11.8. The molecule has 3 nitrogen and oxygen atoms in total. The monoisotopic (exact) mass is 260 g/mol. The van der Waals surface area contributed by atoms with Crippen molar-refractivity contribution in [3.8, 4) is 0 Å². The molecule has 2 rings (SSSR count). The molecule has 1 aliphatic carbocycles. The van der Waals surface area contributed by atoms with Gasteiger partial charge in [0.2, 0.25) is 5.91 Å². The van der Waals surface area contributed by atoms with Gasteiger partial charge in [0.1, 0.15) is 0 Å². The molecule has 0 bridgehead atoms. The molecule has 0 heterocycles. The summed E-state index contributed by atoms with van der Waals surface area (Å²) in [6, 6.07) is 10.3. The van der Waals surface area contributed by atoms with Gasteiger partial charge in [-0.1, -0.05) is 31.0 Å². The lowest BCUT2D eigenvalue weighted by atomic mass is 10.1. The second kappa shape index (κ2) is 7.17. The molecule has 3 heteroatoms. The van der Waals surface area contributed by atoms with Crippen molar-refractivity contribution in [3.05, 3.63) is 30.3 Å². The minimum atomic E-state index is 0.264. The summed E-state index contributed by atoms with van der Waals surface area (Å²) in [7, 11) is 2.09. The summed E-state index contributed by atoms with van der Waals surface area (Å²) in [5.41, 5.74) is 1.23. The van der Waals surface area contributed by atoms with Crippen LogP contribution in [0.1, 0.15) is 32.1 Å². The van der Waals surface area contributed by atoms with E-state index in [1.807, 2.05) is 18.2 Å². The van der Waals surface area contributed by atoms with Crippen LogP contribution in [0.4, 0.5) is 5.69 Å². The van der Waals surface area contributed by atoms with Crippen molar-refractivity contribution in [2.75, 3.05) is 25.0 Å². The summed E-state index contributed by atoms with van der Waals surface area (Å²) < 4.78 is 0. The molecule has 104 valence electrons. The predicted molar refractivity (Wildman–Crippen MR) is 79.3 cm³/mol. The Balaban J connectivity index is 1.62.